The molecule has 0 aliphatic carbocycles. The second-order valence-corrected chi connectivity index (χ2v) is 25.5. The van der Waals surface area contributed by atoms with Crippen LogP contribution in [0.1, 0.15) is 58.4 Å². The Kier molecular flexibility index (Phi) is 19.4. The van der Waals surface area contributed by atoms with Gasteiger partial charge in [-0.1, -0.05) is 182 Å². The van der Waals surface area contributed by atoms with Crippen molar-refractivity contribution in [1.82, 2.24) is 9.80 Å². The molecule has 6 heterocycles. The van der Waals surface area contributed by atoms with E-state index in [-0.39, 0.29) is 87.7 Å². The number of fused-ring (bicyclic) bond motifs is 6. The first-order valence-corrected chi connectivity index (χ1v) is 33.3. The van der Waals surface area contributed by atoms with E-state index in [9.17, 15) is 39.3 Å². The van der Waals surface area contributed by atoms with Crippen molar-refractivity contribution in [3.8, 4) is 44.5 Å². The summed E-state index contributed by atoms with van der Waals surface area (Å²) in [6.45, 7) is 0.0210. The van der Waals surface area contributed by atoms with Gasteiger partial charge in [-0.25, -0.2) is 38.8 Å². The number of nitrogens with zero attached hydrogens (tertiary/aromatic N) is 6. The second kappa shape index (κ2) is 29.3. The van der Waals surface area contributed by atoms with E-state index in [1.807, 2.05) is 0 Å². The molecule has 4 aliphatic rings. The minimum absolute atomic E-state index is 0.0371. The molecule has 13 rings (SSSR count). The largest absolute Gasteiger partial charge is 0.459 e. The molecule has 0 radical (unpaired) electrons. The number of carbonyl (C=O) groups excluding carboxylic acids is 10. The molecule has 6 amide bonds. The van der Waals surface area contributed by atoms with Crippen LogP contribution in [0, 0.1) is 22.7 Å². The average molecular weight is 1430 g/mol. The maximum atomic E-state index is 15.6. The van der Waals surface area contributed by atoms with Crippen LogP contribution in [0.4, 0.5) is 19.6 Å². The molecule has 0 N–H and O–H groups in total. The standard InChI is InChI=1S/C78H52N6O18S2/c1-45-55(37-79)67(85)83(75(93)99-43-51-29-17-7-18-30-51)69(87)63(45)81-61-35-57-65(103-61)53-33-60-54(34-59(53)101-77(57,71(89)95-39-47-21-9-3-10-22-47)72(90)96-40-48-23-11-4-12-24-48)66-58(78(102-60,73(91)97-41-49-25-13-5-14-26-49)74(92)98-42-50-27-15-6-16-28-50)36-62(104-66)82-64-46(2)56(38-80)68(86)84(70(64)88)76(94)100-44-52-31-19-8-20-32-52/h3-36H,39-44H2,1-2H3. The van der Waals surface area contributed by atoms with Gasteiger partial charge in [-0.05, 0) is 71.5 Å². The van der Waals surface area contributed by atoms with E-state index in [0.717, 1.165) is 22.7 Å². The van der Waals surface area contributed by atoms with Crippen molar-refractivity contribution in [3.63, 3.8) is 0 Å². The lowest BCUT2D eigenvalue weighted by molar-refractivity contribution is -0.185. The SMILES string of the molecule is CC1=C(C#N)C(=O)N(C(=O)OCc2ccccc2)C(=O)C1=Nc1cc2c(s1)-c1cc3c(cc1OC2(C(=O)OCc1ccccc1)C(=O)OCc1ccccc1)-c1sc(N=C2C(=O)N(C(=O)OCc4ccccc4)C(=O)C(C#N)=C2C)cc1C(C(=O)OCc1ccccc1)(C(=O)OCc1ccccc1)O3. The molecule has 104 heavy (non-hydrogen) atoms. The number of esters is 4. The number of amides is 6. The highest BCUT2D eigenvalue weighted by Gasteiger charge is 2.61. The average Bonchev–Trinajstić information content (AvgIpc) is 1.40. The Morgan fingerprint density at radius 1 is 0.394 bits per heavy atom. The maximum Gasteiger partial charge on any atom is 0.424 e. The molecule has 7 aromatic carbocycles. The molecule has 0 spiro atoms. The van der Waals surface area contributed by atoms with Gasteiger partial charge in [0.2, 0.25) is 0 Å². The van der Waals surface area contributed by atoms with E-state index in [1.54, 1.807) is 194 Å². The lowest BCUT2D eigenvalue weighted by Crippen LogP contribution is -2.52. The highest BCUT2D eigenvalue weighted by atomic mass is 32.1. The molecular formula is C78H52N6O18S2. The molecule has 514 valence electrons. The Morgan fingerprint density at radius 2 is 0.654 bits per heavy atom. The lowest BCUT2D eigenvalue weighted by Gasteiger charge is -2.37. The van der Waals surface area contributed by atoms with Crippen molar-refractivity contribution in [3.05, 3.63) is 273 Å². The van der Waals surface area contributed by atoms with E-state index in [2.05, 4.69) is 9.98 Å². The van der Waals surface area contributed by atoms with Crippen LogP contribution in [0.5, 0.6) is 11.5 Å². The minimum atomic E-state index is -2.98. The molecule has 4 aliphatic heterocycles. The van der Waals surface area contributed by atoms with Gasteiger partial charge < -0.3 is 37.9 Å². The Hall–Kier alpha value is -13.6. The number of thiophene rings is 2. The van der Waals surface area contributed by atoms with Crippen LogP contribution in [-0.4, -0.2) is 80.9 Å². The molecule has 0 unspecified atom stereocenters. The monoisotopic (exact) mass is 1420 g/mol. The van der Waals surface area contributed by atoms with Crippen molar-refractivity contribution in [2.45, 2.75) is 64.7 Å². The van der Waals surface area contributed by atoms with Gasteiger partial charge in [0.15, 0.2) is 0 Å². The van der Waals surface area contributed by atoms with Gasteiger partial charge in [-0.3, -0.25) is 19.2 Å². The first kappa shape index (κ1) is 68.9. The molecule has 2 aromatic heterocycles. The van der Waals surface area contributed by atoms with Crippen molar-refractivity contribution in [2.24, 2.45) is 9.98 Å². The number of hydrogen-bond acceptors (Lipinski definition) is 24. The summed E-state index contributed by atoms with van der Waals surface area (Å²) >= 11 is 1.45. The van der Waals surface area contributed by atoms with Crippen LogP contribution in [0.3, 0.4) is 0 Å². The molecule has 0 bridgehead atoms. The number of nitriles is 2. The summed E-state index contributed by atoms with van der Waals surface area (Å²) in [6, 6.07) is 59.0. The van der Waals surface area contributed by atoms with Crippen LogP contribution < -0.4 is 9.47 Å². The third-order valence-corrected chi connectivity index (χ3v) is 19.0. The van der Waals surface area contributed by atoms with Gasteiger partial charge in [0.05, 0.1) is 0 Å². The molecule has 0 saturated heterocycles. The normalized spacial score (nSPS) is 15.4. The summed E-state index contributed by atoms with van der Waals surface area (Å²) in [5.74, 6) is -11.2. The zero-order valence-corrected chi connectivity index (χ0v) is 56.4. The predicted molar refractivity (Wildman–Crippen MR) is 370 cm³/mol. The molecule has 0 saturated carbocycles. The van der Waals surface area contributed by atoms with Gasteiger partial charge in [-0.2, -0.15) is 20.3 Å². The Balaban J connectivity index is 1.01. The first-order chi connectivity index (χ1) is 50.4. The van der Waals surface area contributed by atoms with Crippen molar-refractivity contribution in [2.75, 3.05) is 0 Å². The lowest BCUT2D eigenvalue weighted by atomic mass is 9.85. The van der Waals surface area contributed by atoms with E-state index in [0.29, 0.717) is 33.4 Å². The van der Waals surface area contributed by atoms with E-state index >= 15 is 19.2 Å². The van der Waals surface area contributed by atoms with Crippen LogP contribution in [-0.2, 0) is 118 Å². The van der Waals surface area contributed by atoms with Gasteiger partial charge in [0.25, 0.3) is 23.6 Å². The smallest absolute Gasteiger partial charge is 0.424 e. The number of ether oxygens (including phenoxy) is 8. The van der Waals surface area contributed by atoms with Crippen LogP contribution in [0.25, 0.3) is 20.9 Å². The fourth-order valence-electron chi connectivity index (χ4n) is 11.5. The Morgan fingerprint density at radius 3 is 0.913 bits per heavy atom. The Bertz CT molecular complexity index is 4820. The molecule has 26 heteroatoms. The van der Waals surface area contributed by atoms with Crippen molar-refractivity contribution in [1.29, 1.82) is 10.5 Å². The topological polar surface area (TPSA) is 323 Å². The summed E-state index contributed by atoms with van der Waals surface area (Å²) in [4.78, 5) is 157. The minimum Gasteiger partial charge on any atom is -0.459 e. The zero-order valence-electron chi connectivity index (χ0n) is 54.7. The third kappa shape index (κ3) is 13.2. The molecule has 0 fully saturated rings. The van der Waals surface area contributed by atoms with Crippen LogP contribution in [0.2, 0.25) is 0 Å². The van der Waals surface area contributed by atoms with Gasteiger partial charge >= 0.3 is 47.3 Å². The fourth-order valence-corrected chi connectivity index (χ4v) is 13.7. The van der Waals surface area contributed by atoms with Crippen molar-refractivity contribution < 1.29 is 85.8 Å². The van der Waals surface area contributed by atoms with E-state index in [4.69, 9.17) is 37.9 Å². The molecule has 0 atom stereocenters. The number of benzene rings is 7. The number of carbonyl (C=O) groups is 10. The predicted octanol–water partition coefficient (Wildman–Crippen LogP) is 12.5. The first-order valence-electron chi connectivity index (χ1n) is 31.7. The summed E-state index contributed by atoms with van der Waals surface area (Å²) < 4.78 is 48.7. The van der Waals surface area contributed by atoms with Crippen LogP contribution in [0.15, 0.2) is 239 Å². The maximum absolute atomic E-state index is 15.6. The third-order valence-electron chi connectivity index (χ3n) is 16.8. The summed E-state index contributed by atoms with van der Waals surface area (Å²) in [5, 5.41) is 20.4. The number of aliphatic imine (C=N–C) groups is 2. The number of imide groups is 6. The van der Waals surface area contributed by atoms with Crippen LogP contribution >= 0.6 is 22.7 Å². The second-order valence-electron chi connectivity index (χ2n) is 23.4. The van der Waals surface area contributed by atoms with E-state index < -0.39 is 120 Å². The molecular weight excluding hydrogens is 1370 g/mol. The Labute approximate surface area is 599 Å². The highest BCUT2D eigenvalue weighted by molar-refractivity contribution is 7.20. The summed E-state index contributed by atoms with van der Waals surface area (Å²) in [6.07, 6.45) is -2.87. The number of hydrogen-bond donors (Lipinski definition) is 0. The van der Waals surface area contributed by atoms with Gasteiger partial charge in [0.1, 0.15) is 95.9 Å². The highest BCUT2D eigenvalue weighted by Crippen LogP contribution is 2.59. The fraction of sp³-hybridized carbons (Fsp3) is 0.128. The zero-order chi connectivity index (χ0) is 72.8. The summed E-state index contributed by atoms with van der Waals surface area (Å²) in [7, 11) is 0. The number of rotatable bonds is 18. The summed E-state index contributed by atoms with van der Waals surface area (Å²) in [5.41, 5.74) is -6.83. The van der Waals surface area contributed by atoms with Gasteiger partial charge in [-0.15, -0.1) is 22.7 Å². The van der Waals surface area contributed by atoms with Crippen molar-refractivity contribution >= 4 is 104 Å². The van der Waals surface area contributed by atoms with E-state index in [1.165, 1.54) is 38.1 Å². The van der Waals surface area contributed by atoms with Gasteiger partial charge in [0, 0.05) is 43.2 Å². The molecule has 24 nitrogen and oxygen atoms in total. The quantitative estimate of drug-likeness (QED) is 0.0333. The molecule has 9 aromatic rings.